The van der Waals surface area contributed by atoms with Crippen LogP contribution in [0.25, 0.3) is 10.1 Å². The summed E-state index contributed by atoms with van der Waals surface area (Å²) in [5.74, 6) is 0. The zero-order chi connectivity index (χ0) is 8.72. The van der Waals surface area contributed by atoms with Crippen molar-refractivity contribution in [3.8, 4) is 0 Å². The molecule has 1 heterocycles. The van der Waals surface area contributed by atoms with Crippen LogP contribution in [0.3, 0.4) is 0 Å². The molecule has 0 bridgehead atoms. The van der Waals surface area contributed by atoms with Gasteiger partial charge in [-0.05, 0) is 54.3 Å². The summed E-state index contributed by atoms with van der Waals surface area (Å²) in [6.07, 6.45) is 0. The molecule has 62 valence electrons. The molecule has 0 atom stereocenters. The van der Waals surface area contributed by atoms with Gasteiger partial charge in [0.2, 0.25) is 0 Å². The predicted octanol–water partition coefficient (Wildman–Crippen LogP) is 3.83. The third kappa shape index (κ3) is 0.969. The highest BCUT2D eigenvalue weighted by Crippen LogP contribution is 2.29. The van der Waals surface area contributed by atoms with Crippen molar-refractivity contribution in [2.45, 2.75) is 20.8 Å². The lowest BCUT2D eigenvalue weighted by molar-refractivity contribution is 1.35. The topological polar surface area (TPSA) is 0 Å². The summed E-state index contributed by atoms with van der Waals surface area (Å²) in [4.78, 5) is 0. The van der Waals surface area contributed by atoms with Crippen molar-refractivity contribution in [3.05, 3.63) is 34.2 Å². The van der Waals surface area contributed by atoms with E-state index in [0.717, 1.165) is 0 Å². The van der Waals surface area contributed by atoms with Gasteiger partial charge in [-0.25, -0.2) is 0 Å². The molecular weight excluding hydrogens is 164 g/mol. The third-order valence-electron chi connectivity index (χ3n) is 2.45. The van der Waals surface area contributed by atoms with Crippen molar-refractivity contribution in [1.29, 1.82) is 0 Å². The second-order valence-electron chi connectivity index (χ2n) is 3.30. The van der Waals surface area contributed by atoms with Gasteiger partial charge in [-0.3, -0.25) is 0 Å². The fourth-order valence-electron chi connectivity index (χ4n) is 1.62. The molecule has 0 radical (unpaired) electrons. The van der Waals surface area contributed by atoms with E-state index in [-0.39, 0.29) is 0 Å². The van der Waals surface area contributed by atoms with Crippen LogP contribution in [-0.4, -0.2) is 0 Å². The molecule has 0 saturated carbocycles. The van der Waals surface area contributed by atoms with Gasteiger partial charge in [-0.15, -0.1) is 11.3 Å². The number of fused-ring (bicyclic) bond motifs is 1. The maximum Gasteiger partial charge on any atom is 0.0374 e. The van der Waals surface area contributed by atoms with Gasteiger partial charge in [0.15, 0.2) is 0 Å². The fourth-order valence-corrected chi connectivity index (χ4v) is 2.55. The highest BCUT2D eigenvalue weighted by atomic mass is 32.1. The number of aryl methyl sites for hydroxylation is 3. The molecule has 0 saturated heterocycles. The Morgan fingerprint density at radius 1 is 1.08 bits per heavy atom. The van der Waals surface area contributed by atoms with Crippen LogP contribution in [0.5, 0.6) is 0 Å². The van der Waals surface area contributed by atoms with E-state index in [1.807, 2.05) is 11.3 Å². The second-order valence-corrected chi connectivity index (χ2v) is 4.21. The molecule has 0 unspecified atom stereocenters. The van der Waals surface area contributed by atoms with E-state index in [0.29, 0.717) is 0 Å². The molecule has 1 aromatic heterocycles. The van der Waals surface area contributed by atoms with E-state index < -0.39 is 0 Å². The Kier molecular flexibility index (Phi) is 1.69. The number of rotatable bonds is 0. The van der Waals surface area contributed by atoms with Crippen LogP contribution in [0.15, 0.2) is 17.5 Å². The Morgan fingerprint density at radius 3 is 2.58 bits per heavy atom. The Hall–Kier alpha value is -0.820. The van der Waals surface area contributed by atoms with Gasteiger partial charge >= 0.3 is 0 Å². The predicted molar refractivity (Wildman–Crippen MR) is 56.0 cm³/mol. The van der Waals surface area contributed by atoms with Gasteiger partial charge in [-0.2, -0.15) is 0 Å². The molecule has 0 nitrogen and oxygen atoms in total. The van der Waals surface area contributed by atoms with Gasteiger partial charge in [-0.1, -0.05) is 6.07 Å². The molecule has 0 aliphatic rings. The summed E-state index contributed by atoms with van der Waals surface area (Å²) in [7, 11) is 0. The molecule has 12 heavy (non-hydrogen) atoms. The second kappa shape index (κ2) is 2.60. The van der Waals surface area contributed by atoms with Crippen LogP contribution >= 0.6 is 11.3 Å². The molecule has 0 amide bonds. The minimum atomic E-state index is 1.40. The number of hydrogen-bond donors (Lipinski definition) is 0. The van der Waals surface area contributed by atoms with E-state index in [2.05, 4.69) is 38.3 Å². The Morgan fingerprint density at radius 2 is 1.83 bits per heavy atom. The fraction of sp³-hybridized carbons (Fsp3) is 0.273. The third-order valence-corrected chi connectivity index (χ3v) is 3.50. The molecule has 1 aromatic carbocycles. The molecule has 0 aliphatic heterocycles. The quantitative estimate of drug-likeness (QED) is 0.572. The highest BCUT2D eigenvalue weighted by Gasteiger charge is 2.03. The summed E-state index contributed by atoms with van der Waals surface area (Å²) in [6.45, 7) is 6.56. The molecule has 0 spiro atoms. The van der Waals surface area contributed by atoms with Crippen molar-refractivity contribution < 1.29 is 0 Å². The molecule has 0 fully saturated rings. The Balaban J connectivity index is 2.97. The maximum atomic E-state index is 2.27. The van der Waals surface area contributed by atoms with Gasteiger partial charge in [0.05, 0.1) is 0 Å². The van der Waals surface area contributed by atoms with Gasteiger partial charge in [0, 0.05) is 4.70 Å². The lowest BCUT2D eigenvalue weighted by Crippen LogP contribution is -1.83. The van der Waals surface area contributed by atoms with E-state index in [1.165, 1.54) is 26.8 Å². The van der Waals surface area contributed by atoms with Crippen molar-refractivity contribution in [3.63, 3.8) is 0 Å². The number of benzene rings is 1. The van der Waals surface area contributed by atoms with Crippen LogP contribution in [0.1, 0.15) is 16.7 Å². The molecular formula is C11H12S. The maximum absolute atomic E-state index is 2.27. The summed E-state index contributed by atoms with van der Waals surface area (Å²) >= 11 is 1.84. The van der Waals surface area contributed by atoms with Crippen molar-refractivity contribution in [1.82, 2.24) is 0 Å². The van der Waals surface area contributed by atoms with Crippen molar-refractivity contribution in [2.24, 2.45) is 0 Å². The minimum Gasteiger partial charge on any atom is -0.144 e. The monoisotopic (exact) mass is 176 g/mol. The Labute approximate surface area is 76.8 Å². The lowest BCUT2D eigenvalue weighted by atomic mass is 10.0. The van der Waals surface area contributed by atoms with Crippen LogP contribution in [0.2, 0.25) is 0 Å². The van der Waals surface area contributed by atoms with Gasteiger partial charge < -0.3 is 0 Å². The molecule has 2 aromatic rings. The smallest absolute Gasteiger partial charge is 0.0374 e. The van der Waals surface area contributed by atoms with Crippen LogP contribution in [-0.2, 0) is 0 Å². The lowest BCUT2D eigenvalue weighted by Gasteiger charge is -2.03. The summed E-state index contributed by atoms with van der Waals surface area (Å²) < 4.78 is 1.44. The van der Waals surface area contributed by atoms with Gasteiger partial charge in [0.25, 0.3) is 0 Å². The van der Waals surface area contributed by atoms with Gasteiger partial charge in [0.1, 0.15) is 0 Å². The molecule has 2 rings (SSSR count). The van der Waals surface area contributed by atoms with E-state index in [4.69, 9.17) is 0 Å². The van der Waals surface area contributed by atoms with E-state index in [9.17, 15) is 0 Å². The van der Waals surface area contributed by atoms with Crippen LogP contribution in [0, 0.1) is 20.8 Å². The number of thiophene rings is 1. The first-order chi connectivity index (χ1) is 5.70. The van der Waals surface area contributed by atoms with Crippen LogP contribution < -0.4 is 0 Å². The Bertz CT molecular complexity index is 424. The highest BCUT2D eigenvalue weighted by molar-refractivity contribution is 7.17. The standard InChI is InChI=1S/C11H12S/c1-7-6-8(2)11-10(9(7)3)4-5-12-11/h4-6H,1-3H3. The first-order valence-corrected chi connectivity index (χ1v) is 5.02. The zero-order valence-electron chi connectivity index (χ0n) is 7.64. The van der Waals surface area contributed by atoms with Crippen molar-refractivity contribution in [2.75, 3.05) is 0 Å². The zero-order valence-corrected chi connectivity index (χ0v) is 8.46. The summed E-state index contributed by atoms with van der Waals surface area (Å²) in [5.41, 5.74) is 4.23. The normalized spacial score (nSPS) is 10.9. The minimum absolute atomic E-state index is 1.40. The molecule has 0 N–H and O–H groups in total. The van der Waals surface area contributed by atoms with Crippen LogP contribution in [0.4, 0.5) is 0 Å². The summed E-state index contributed by atoms with van der Waals surface area (Å²) in [5, 5.41) is 3.60. The van der Waals surface area contributed by atoms with Crippen molar-refractivity contribution >= 4 is 21.4 Å². The summed E-state index contributed by atoms with van der Waals surface area (Å²) in [6, 6.07) is 4.49. The first kappa shape index (κ1) is 7.81. The van der Waals surface area contributed by atoms with E-state index in [1.54, 1.807) is 0 Å². The average Bonchev–Trinajstić information content (AvgIpc) is 2.48. The number of hydrogen-bond acceptors (Lipinski definition) is 1. The first-order valence-electron chi connectivity index (χ1n) is 4.14. The molecule has 0 aliphatic carbocycles. The largest absolute Gasteiger partial charge is 0.144 e. The SMILES string of the molecule is Cc1cc(C)c2sccc2c1C. The van der Waals surface area contributed by atoms with E-state index >= 15 is 0 Å². The molecule has 1 heteroatoms. The average molecular weight is 176 g/mol.